The molecule has 0 fully saturated rings. The van der Waals surface area contributed by atoms with Crippen LogP contribution in [0, 0.1) is 0 Å². The molecular formula is C22H29N5O. The summed E-state index contributed by atoms with van der Waals surface area (Å²) in [5.74, 6) is -0.122. The number of pyridine rings is 1. The summed E-state index contributed by atoms with van der Waals surface area (Å²) in [5, 5.41) is 8.29. The van der Waals surface area contributed by atoms with Crippen LogP contribution in [0.2, 0.25) is 0 Å². The summed E-state index contributed by atoms with van der Waals surface area (Å²) in [7, 11) is 4.05. The Morgan fingerprint density at radius 2 is 1.89 bits per heavy atom. The van der Waals surface area contributed by atoms with Crippen molar-refractivity contribution in [2.75, 3.05) is 20.6 Å². The van der Waals surface area contributed by atoms with E-state index in [0.29, 0.717) is 12.1 Å². The number of nitrogens with one attached hydrogen (secondary N) is 1. The second-order valence-corrected chi connectivity index (χ2v) is 7.60. The highest BCUT2D eigenvalue weighted by molar-refractivity contribution is 5.96. The molecule has 0 radical (unpaired) electrons. The van der Waals surface area contributed by atoms with E-state index in [4.69, 9.17) is 0 Å². The molecule has 1 atom stereocenters. The first-order chi connectivity index (χ1) is 13.4. The second-order valence-electron chi connectivity index (χ2n) is 7.60. The number of benzene rings is 1. The Bertz CT molecular complexity index is 943. The van der Waals surface area contributed by atoms with Crippen molar-refractivity contribution in [2.45, 2.75) is 39.3 Å². The quantitative estimate of drug-likeness (QED) is 0.681. The van der Waals surface area contributed by atoms with Gasteiger partial charge in [-0.3, -0.25) is 4.79 Å². The van der Waals surface area contributed by atoms with Gasteiger partial charge in [-0.15, -0.1) is 0 Å². The number of hydrogen-bond acceptors (Lipinski definition) is 4. The van der Waals surface area contributed by atoms with Gasteiger partial charge in [-0.2, -0.15) is 5.10 Å². The lowest BCUT2D eigenvalue weighted by molar-refractivity contribution is 0.0941. The van der Waals surface area contributed by atoms with E-state index >= 15 is 0 Å². The molecule has 0 spiro atoms. The average Bonchev–Trinajstić information content (AvgIpc) is 3.11. The Morgan fingerprint density at radius 1 is 1.18 bits per heavy atom. The molecule has 0 aliphatic heterocycles. The number of amides is 1. The van der Waals surface area contributed by atoms with Gasteiger partial charge in [0.1, 0.15) is 0 Å². The van der Waals surface area contributed by atoms with E-state index in [2.05, 4.69) is 65.3 Å². The number of aryl methyl sites for hydroxylation is 1. The standard InChI is InChI=1S/C22H29N5O/c1-6-16-7-9-17(10-8-16)20(26(4)5)14-24-22(28)19-11-18-13-25-27(15(2)3)21(18)23-12-19/h7-13,15,20H,6,14H2,1-5H3,(H,24,28). The van der Waals surface area contributed by atoms with Gasteiger partial charge in [0.05, 0.1) is 17.8 Å². The lowest BCUT2D eigenvalue weighted by Crippen LogP contribution is -2.34. The van der Waals surface area contributed by atoms with Crippen molar-refractivity contribution in [3.63, 3.8) is 0 Å². The van der Waals surface area contributed by atoms with E-state index in [1.165, 1.54) is 11.1 Å². The molecule has 0 aliphatic rings. The first kappa shape index (κ1) is 20.0. The van der Waals surface area contributed by atoms with Crippen molar-refractivity contribution in [3.8, 4) is 0 Å². The minimum atomic E-state index is -0.122. The van der Waals surface area contributed by atoms with Gasteiger partial charge >= 0.3 is 0 Å². The molecule has 0 saturated carbocycles. The zero-order valence-electron chi connectivity index (χ0n) is 17.3. The van der Waals surface area contributed by atoms with Gasteiger partial charge in [-0.05, 0) is 51.6 Å². The normalized spacial score (nSPS) is 12.7. The summed E-state index contributed by atoms with van der Waals surface area (Å²) in [6.45, 7) is 6.79. The number of carbonyl (C=O) groups excluding carboxylic acids is 1. The number of rotatable bonds is 7. The SMILES string of the molecule is CCc1ccc(C(CNC(=O)c2cnc3c(cnn3C(C)C)c2)N(C)C)cc1. The fourth-order valence-corrected chi connectivity index (χ4v) is 3.31. The maximum absolute atomic E-state index is 12.7. The van der Waals surface area contributed by atoms with Crippen molar-refractivity contribution >= 4 is 16.9 Å². The van der Waals surface area contributed by atoms with E-state index in [9.17, 15) is 4.79 Å². The minimum Gasteiger partial charge on any atom is -0.350 e. The van der Waals surface area contributed by atoms with Crippen LogP contribution in [0.3, 0.4) is 0 Å². The molecule has 6 heteroatoms. The van der Waals surface area contributed by atoms with Crippen molar-refractivity contribution in [2.24, 2.45) is 0 Å². The molecule has 1 unspecified atom stereocenters. The van der Waals surface area contributed by atoms with E-state index < -0.39 is 0 Å². The maximum atomic E-state index is 12.7. The van der Waals surface area contributed by atoms with Crippen LogP contribution in [0.5, 0.6) is 0 Å². The van der Waals surface area contributed by atoms with Crippen LogP contribution in [0.1, 0.15) is 54.3 Å². The van der Waals surface area contributed by atoms with Crippen LogP contribution in [0.4, 0.5) is 0 Å². The van der Waals surface area contributed by atoms with Crippen LogP contribution < -0.4 is 5.32 Å². The highest BCUT2D eigenvalue weighted by Gasteiger charge is 2.17. The third kappa shape index (κ3) is 4.22. The Labute approximate surface area is 166 Å². The lowest BCUT2D eigenvalue weighted by atomic mass is 10.0. The first-order valence-corrected chi connectivity index (χ1v) is 9.77. The molecule has 6 nitrogen and oxygen atoms in total. The topological polar surface area (TPSA) is 63.1 Å². The molecule has 2 heterocycles. The van der Waals surface area contributed by atoms with Gasteiger partial charge in [0.15, 0.2) is 5.65 Å². The number of nitrogens with zero attached hydrogens (tertiary/aromatic N) is 4. The summed E-state index contributed by atoms with van der Waals surface area (Å²) >= 11 is 0. The predicted octanol–water partition coefficient (Wildman–Crippen LogP) is 3.61. The lowest BCUT2D eigenvalue weighted by Gasteiger charge is -2.25. The van der Waals surface area contributed by atoms with E-state index in [1.807, 2.05) is 24.8 Å². The molecule has 0 aliphatic carbocycles. The molecule has 148 valence electrons. The summed E-state index contributed by atoms with van der Waals surface area (Å²) < 4.78 is 1.86. The van der Waals surface area contributed by atoms with Gasteiger partial charge in [-0.25, -0.2) is 9.67 Å². The molecule has 2 aromatic heterocycles. The van der Waals surface area contributed by atoms with Crippen LogP contribution in [0.15, 0.2) is 42.7 Å². The van der Waals surface area contributed by atoms with Crippen molar-refractivity contribution in [1.82, 2.24) is 25.0 Å². The van der Waals surface area contributed by atoms with E-state index in [-0.39, 0.29) is 18.0 Å². The third-order valence-electron chi connectivity index (χ3n) is 5.04. The van der Waals surface area contributed by atoms with E-state index in [0.717, 1.165) is 17.5 Å². The fourth-order valence-electron chi connectivity index (χ4n) is 3.31. The van der Waals surface area contributed by atoms with Gasteiger partial charge in [0.2, 0.25) is 0 Å². The smallest absolute Gasteiger partial charge is 0.252 e. The number of hydrogen-bond donors (Lipinski definition) is 1. The Morgan fingerprint density at radius 3 is 2.50 bits per heavy atom. The molecule has 28 heavy (non-hydrogen) atoms. The van der Waals surface area contributed by atoms with Crippen LogP contribution in [0.25, 0.3) is 11.0 Å². The zero-order chi connectivity index (χ0) is 20.3. The monoisotopic (exact) mass is 379 g/mol. The van der Waals surface area contributed by atoms with Gasteiger partial charge < -0.3 is 10.2 Å². The molecule has 1 aromatic carbocycles. The number of aromatic nitrogens is 3. The molecule has 3 aromatic rings. The minimum absolute atomic E-state index is 0.107. The van der Waals surface area contributed by atoms with Crippen LogP contribution in [-0.2, 0) is 6.42 Å². The van der Waals surface area contributed by atoms with Crippen molar-refractivity contribution in [1.29, 1.82) is 0 Å². The number of likely N-dealkylation sites (N-methyl/N-ethyl adjacent to an activating group) is 1. The Hall–Kier alpha value is -2.73. The highest BCUT2D eigenvalue weighted by atomic mass is 16.1. The zero-order valence-corrected chi connectivity index (χ0v) is 17.3. The van der Waals surface area contributed by atoms with Gasteiger partial charge in [0.25, 0.3) is 5.91 Å². The Balaban J connectivity index is 1.73. The molecule has 0 saturated heterocycles. The predicted molar refractivity (Wildman–Crippen MR) is 112 cm³/mol. The molecular weight excluding hydrogens is 350 g/mol. The largest absolute Gasteiger partial charge is 0.350 e. The molecule has 0 bridgehead atoms. The molecule has 3 rings (SSSR count). The molecule has 1 amide bonds. The van der Waals surface area contributed by atoms with Gasteiger partial charge in [0, 0.05) is 24.2 Å². The summed E-state index contributed by atoms with van der Waals surface area (Å²) in [6.07, 6.45) is 4.41. The summed E-state index contributed by atoms with van der Waals surface area (Å²) in [4.78, 5) is 19.3. The third-order valence-corrected chi connectivity index (χ3v) is 5.04. The second kappa shape index (κ2) is 8.52. The van der Waals surface area contributed by atoms with Crippen molar-refractivity contribution in [3.05, 3.63) is 59.4 Å². The maximum Gasteiger partial charge on any atom is 0.252 e. The number of fused-ring (bicyclic) bond motifs is 1. The highest BCUT2D eigenvalue weighted by Crippen LogP contribution is 2.19. The summed E-state index contributed by atoms with van der Waals surface area (Å²) in [6, 6.07) is 10.8. The van der Waals surface area contributed by atoms with Crippen LogP contribution in [-0.4, -0.2) is 46.2 Å². The van der Waals surface area contributed by atoms with Crippen molar-refractivity contribution < 1.29 is 4.79 Å². The average molecular weight is 380 g/mol. The van der Waals surface area contributed by atoms with E-state index in [1.54, 1.807) is 12.4 Å². The fraction of sp³-hybridized carbons (Fsp3) is 0.409. The summed E-state index contributed by atoms with van der Waals surface area (Å²) in [5.41, 5.74) is 3.85. The number of carbonyl (C=O) groups is 1. The Kier molecular flexibility index (Phi) is 6.09. The first-order valence-electron chi connectivity index (χ1n) is 9.77. The van der Waals surface area contributed by atoms with Crippen LogP contribution >= 0.6 is 0 Å². The molecule has 1 N–H and O–H groups in total. The van der Waals surface area contributed by atoms with Gasteiger partial charge in [-0.1, -0.05) is 31.2 Å².